The molecule has 0 aliphatic heterocycles. The minimum absolute atomic E-state index is 0.634. The van der Waals surface area contributed by atoms with E-state index in [-0.39, 0.29) is 0 Å². The molecule has 0 fully saturated rings. The van der Waals surface area contributed by atoms with Crippen molar-refractivity contribution in [3.05, 3.63) is 28.8 Å². The molecule has 0 spiro atoms. The summed E-state index contributed by atoms with van der Waals surface area (Å²) in [6.07, 6.45) is 0. The molecule has 0 saturated carbocycles. The van der Waals surface area contributed by atoms with Gasteiger partial charge in [0, 0.05) is 0 Å². The Labute approximate surface area is 73.2 Å². The second kappa shape index (κ2) is 5.03. The highest BCUT2D eigenvalue weighted by atomic mass is 35.5. The number of hydrogen-bond acceptors (Lipinski definition) is 1. The predicted molar refractivity (Wildman–Crippen MR) is 51.9 cm³/mol. The fraction of sp³-hybridized carbons (Fsp3) is 0.333. The number of hydrogen-bond donors (Lipinski definition) is 1. The number of nitrogens with two attached hydrogens (primary N) is 1. The fourth-order valence-electron chi connectivity index (χ4n) is 0.632. The summed E-state index contributed by atoms with van der Waals surface area (Å²) in [5.41, 5.74) is 7.23. The monoisotopic (exact) mass is 171 g/mol. The van der Waals surface area contributed by atoms with Crippen LogP contribution in [0, 0.1) is 6.92 Å². The van der Waals surface area contributed by atoms with E-state index in [9.17, 15) is 0 Å². The van der Waals surface area contributed by atoms with Crippen LogP contribution in [0.2, 0.25) is 5.02 Å². The molecular weight excluding hydrogens is 158 g/mol. The first-order valence-electron chi connectivity index (χ1n) is 3.72. The molecule has 0 atom stereocenters. The molecule has 2 N–H and O–H groups in total. The van der Waals surface area contributed by atoms with Crippen LogP contribution < -0.4 is 5.73 Å². The third kappa shape index (κ3) is 3.28. The number of anilines is 1. The van der Waals surface area contributed by atoms with Crippen LogP contribution in [0.5, 0.6) is 0 Å². The average Bonchev–Trinajstić information content (AvgIpc) is 2.02. The fourth-order valence-corrected chi connectivity index (χ4v) is 0.867. The molecule has 1 aromatic carbocycles. The molecule has 0 bridgehead atoms. The lowest BCUT2D eigenvalue weighted by Crippen LogP contribution is -1.85. The van der Waals surface area contributed by atoms with Gasteiger partial charge in [-0.1, -0.05) is 31.5 Å². The summed E-state index contributed by atoms with van der Waals surface area (Å²) in [7, 11) is 0. The molecule has 2 heteroatoms. The summed E-state index contributed by atoms with van der Waals surface area (Å²) in [6, 6.07) is 5.58. The predicted octanol–water partition coefficient (Wildman–Crippen LogP) is 3.26. The van der Waals surface area contributed by atoms with E-state index in [0.29, 0.717) is 10.7 Å². The molecule has 0 radical (unpaired) electrons. The van der Waals surface area contributed by atoms with Crippen molar-refractivity contribution in [1.82, 2.24) is 0 Å². The van der Waals surface area contributed by atoms with Crippen LogP contribution in [0.15, 0.2) is 18.2 Å². The van der Waals surface area contributed by atoms with E-state index in [1.54, 1.807) is 6.07 Å². The summed E-state index contributed by atoms with van der Waals surface area (Å²) in [4.78, 5) is 0. The third-order valence-corrected chi connectivity index (χ3v) is 1.48. The first-order valence-corrected chi connectivity index (χ1v) is 4.09. The quantitative estimate of drug-likeness (QED) is 0.596. The number of benzene rings is 1. The summed E-state index contributed by atoms with van der Waals surface area (Å²) in [5.74, 6) is 0. The van der Waals surface area contributed by atoms with Crippen LogP contribution in [-0.2, 0) is 0 Å². The lowest BCUT2D eigenvalue weighted by atomic mass is 10.2. The van der Waals surface area contributed by atoms with Gasteiger partial charge in [0.2, 0.25) is 0 Å². The van der Waals surface area contributed by atoms with Gasteiger partial charge in [-0.25, -0.2) is 0 Å². The summed E-state index contributed by atoms with van der Waals surface area (Å²) < 4.78 is 0. The van der Waals surface area contributed by atoms with E-state index in [2.05, 4.69) is 0 Å². The van der Waals surface area contributed by atoms with E-state index < -0.39 is 0 Å². The van der Waals surface area contributed by atoms with Gasteiger partial charge >= 0.3 is 0 Å². The molecule has 1 aromatic rings. The zero-order chi connectivity index (χ0) is 8.85. The molecule has 0 heterocycles. The maximum Gasteiger partial charge on any atom is 0.0638 e. The Morgan fingerprint density at radius 1 is 1.27 bits per heavy atom. The highest BCUT2D eigenvalue weighted by Crippen LogP contribution is 2.18. The van der Waals surface area contributed by atoms with E-state index in [1.807, 2.05) is 32.9 Å². The minimum atomic E-state index is 0.634. The second-order valence-corrected chi connectivity index (χ2v) is 2.43. The zero-order valence-corrected chi connectivity index (χ0v) is 7.94. The van der Waals surface area contributed by atoms with Crippen molar-refractivity contribution >= 4 is 17.3 Å². The van der Waals surface area contributed by atoms with Crippen molar-refractivity contribution in [3.8, 4) is 0 Å². The van der Waals surface area contributed by atoms with Crippen LogP contribution in [0.3, 0.4) is 0 Å². The van der Waals surface area contributed by atoms with Crippen LogP contribution in [0.1, 0.15) is 19.4 Å². The van der Waals surface area contributed by atoms with E-state index in [4.69, 9.17) is 17.3 Å². The van der Waals surface area contributed by atoms with Gasteiger partial charge in [0.15, 0.2) is 0 Å². The molecular formula is C9H14ClN. The van der Waals surface area contributed by atoms with Gasteiger partial charge in [-0.3, -0.25) is 0 Å². The van der Waals surface area contributed by atoms with Gasteiger partial charge in [0.25, 0.3) is 0 Å². The topological polar surface area (TPSA) is 26.0 Å². The standard InChI is InChI=1S/C7H8ClN.C2H6/c1-5-2-3-7(9)6(8)4-5;1-2/h2-4H,9H2,1H3;1-2H3. The Hall–Kier alpha value is -0.690. The van der Waals surface area contributed by atoms with E-state index in [1.165, 1.54) is 0 Å². The van der Waals surface area contributed by atoms with Crippen molar-refractivity contribution in [1.29, 1.82) is 0 Å². The maximum atomic E-state index is 5.69. The smallest absolute Gasteiger partial charge is 0.0638 e. The Kier molecular flexibility index (Phi) is 4.71. The number of nitrogen functional groups attached to an aromatic ring is 1. The largest absolute Gasteiger partial charge is 0.398 e. The summed E-state index contributed by atoms with van der Waals surface area (Å²) in [5, 5.41) is 0.634. The lowest BCUT2D eigenvalue weighted by Gasteiger charge is -1.96. The molecule has 0 aromatic heterocycles. The molecule has 1 rings (SSSR count). The van der Waals surface area contributed by atoms with E-state index >= 15 is 0 Å². The van der Waals surface area contributed by atoms with Crippen LogP contribution in [-0.4, -0.2) is 0 Å². The Morgan fingerprint density at radius 2 is 1.82 bits per heavy atom. The lowest BCUT2D eigenvalue weighted by molar-refractivity contribution is 1.47. The van der Waals surface area contributed by atoms with Gasteiger partial charge in [-0.15, -0.1) is 0 Å². The average molecular weight is 172 g/mol. The molecule has 0 aliphatic carbocycles. The molecule has 1 nitrogen and oxygen atoms in total. The van der Waals surface area contributed by atoms with Crippen molar-refractivity contribution in [2.24, 2.45) is 0 Å². The summed E-state index contributed by atoms with van der Waals surface area (Å²) >= 11 is 5.69. The molecule has 11 heavy (non-hydrogen) atoms. The maximum absolute atomic E-state index is 5.69. The molecule has 62 valence electrons. The van der Waals surface area contributed by atoms with Gasteiger partial charge in [0.05, 0.1) is 10.7 Å². The first kappa shape index (κ1) is 10.3. The zero-order valence-electron chi connectivity index (χ0n) is 7.19. The van der Waals surface area contributed by atoms with Gasteiger partial charge in [0.1, 0.15) is 0 Å². The van der Waals surface area contributed by atoms with Crippen molar-refractivity contribution in [2.75, 3.05) is 5.73 Å². The second-order valence-electron chi connectivity index (χ2n) is 2.02. The Bertz CT molecular complexity index is 221. The highest BCUT2D eigenvalue weighted by Gasteiger charge is 1.92. The van der Waals surface area contributed by atoms with Crippen LogP contribution in [0.25, 0.3) is 0 Å². The molecule has 0 saturated heterocycles. The Morgan fingerprint density at radius 3 is 2.18 bits per heavy atom. The van der Waals surface area contributed by atoms with Gasteiger partial charge < -0.3 is 5.73 Å². The van der Waals surface area contributed by atoms with E-state index in [0.717, 1.165) is 5.56 Å². The summed E-state index contributed by atoms with van der Waals surface area (Å²) in [6.45, 7) is 5.98. The number of rotatable bonds is 0. The normalized spacial score (nSPS) is 8.36. The number of halogens is 1. The third-order valence-electron chi connectivity index (χ3n) is 1.16. The molecule has 0 amide bonds. The van der Waals surface area contributed by atoms with Crippen LogP contribution in [0.4, 0.5) is 5.69 Å². The van der Waals surface area contributed by atoms with Gasteiger partial charge in [-0.05, 0) is 24.6 Å². The van der Waals surface area contributed by atoms with Crippen molar-refractivity contribution in [3.63, 3.8) is 0 Å². The van der Waals surface area contributed by atoms with Crippen molar-refractivity contribution < 1.29 is 0 Å². The SMILES string of the molecule is CC.Cc1ccc(N)c(Cl)c1. The minimum Gasteiger partial charge on any atom is -0.398 e. The molecule has 0 aliphatic rings. The Balaban J connectivity index is 0.000000461. The molecule has 0 unspecified atom stereocenters. The van der Waals surface area contributed by atoms with Crippen molar-refractivity contribution in [2.45, 2.75) is 20.8 Å². The van der Waals surface area contributed by atoms with Crippen LogP contribution >= 0.6 is 11.6 Å². The number of aryl methyl sites for hydroxylation is 1. The van der Waals surface area contributed by atoms with Gasteiger partial charge in [-0.2, -0.15) is 0 Å². The highest BCUT2D eigenvalue weighted by molar-refractivity contribution is 6.33. The first-order chi connectivity index (χ1) is 5.20.